The van der Waals surface area contributed by atoms with Crippen molar-refractivity contribution in [1.82, 2.24) is 0 Å². The number of benzene rings is 2. The molecule has 0 spiro atoms. The van der Waals surface area contributed by atoms with E-state index < -0.39 is 11.9 Å². The number of halogens is 1. The Hall–Kier alpha value is -3.06. The van der Waals surface area contributed by atoms with Gasteiger partial charge in [-0.25, -0.2) is 9.59 Å². The molecule has 0 aromatic heterocycles. The Kier molecular flexibility index (Phi) is 8.27. The molecule has 7 nitrogen and oxygen atoms in total. The zero-order valence-corrected chi connectivity index (χ0v) is 23.5. The summed E-state index contributed by atoms with van der Waals surface area (Å²) in [6.45, 7) is 14.7. The van der Waals surface area contributed by atoms with Crippen molar-refractivity contribution in [3.05, 3.63) is 57.6 Å². The number of fused-ring (bicyclic) bond motifs is 3. The van der Waals surface area contributed by atoms with E-state index >= 15 is 0 Å². The zero-order chi connectivity index (χ0) is 26.3. The summed E-state index contributed by atoms with van der Waals surface area (Å²) in [6, 6.07) is 7.20. The second-order valence-corrected chi connectivity index (χ2v) is 10.3. The first-order valence-electron chi connectivity index (χ1n) is 12.6. The minimum Gasteiger partial charge on any atom is -0.490 e. The summed E-state index contributed by atoms with van der Waals surface area (Å²) in [5.74, 6) is 0.371. The van der Waals surface area contributed by atoms with Gasteiger partial charge in [-0.2, -0.15) is 0 Å². The highest BCUT2D eigenvalue weighted by atomic mass is 35.5. The number of rotatable bonds is 7. The normalized spacial score (nSPS) is 16.4. The number of hydrogen-bond donors (Lipinski definition) is 0. The molecule has 0 aliphatic carbocycles. The highest BCUT2D eigenvalue weighted by molar-refractivity contribution is 6.17. The van der Waals surface area contributed by atoms with E-state index in [0.29, 0.717) is 13.0 Å². The fourth-order valence-corrected chi connectivity index (χ4v) is 5.00. The molecule has 4 rings (SSSR count). The maximum atomic E-state index is 12.9. The molecule has 0 atom stereocenters. The molecule has 37 heavy (non-hydrogen) atoms. The van der Waals surface area contributed by atoms with Crippen LogP contribution < -0.4 is 9.47 Å². The molecule has 200 valence electrons. The van der Waals surface area contributed by atoms with E-state index in [1.165, 1.54) is 0 Å². The first-order chi connectivity index (χ1) is 17.0. The van der Waals surface area contributed by atoms with Gasteiger partial charge < -0.3 is 18.9 Å². The van der Waals surface area contributed by atoms with Crippen LogP contribution >= 0.6 is 12.4 Å². The van der Waals surface area contributed by atoms with E-state index in [1.807, 2.05) is 13.0 Å². The van der Waals surface area contributed by atoms with Gasteiger partial charge in [0.25, 0.3) is 0 Å². The van der Waals surface area contributed by atoms with Crippen LogP contribution in [0, 0.1) is 0 Å². The molecule has 0 unspecified atom stereocenters. The molecule has 8 heteroatoms. The molecule has 2 aliphatic heterocycles. The Labute approximate surface area is 225 Å². The van der Waals surface area contributed by atoms with Gasteiger partial charge in [0.05, 0.1) is 42.2 Å². The third-order valence-corrected chi connectivity index (χ3v) is 6.26. The molecule has 2 heterocycles. The Morgan fingerprint density at radius 2 is 1.57 bits per heavy atom. The van der Waals surface area contributed by atoms with Gasteiger partial charge in [0.2, 0.25) is 0 Å². The van der Waals surface area contributed by atoms with Gasteiger partial charge in [0.15, 0.2) is 11.5 Å². The lowest BCUT2D eigenvalue weighted by atomic mass is 9.80. The number of carbonyl (C=O) groups excluding carboxylic acids is 2. The predicted molar refractivity (Wildman–Crippen MR) is 145 cm³/mol. The summed E-state index contributed by atoms with van der Waals surface area (Å²) in [6.07, 6.45) is 1.45. The number of ether oxygens (including phenoxy) is 4. The Morgan fingerprint density at radius 3 is 2.19 bits per heavy atom. The van der Waals surface area contributed by atoms with Crippen LogP contribution in [0.25, 0.3) is 0 Å². The quantitative estimate of drug-likeness (QED) is 0.425. The lowest BCUT2D eigenvalue weighted by Crippen LogP contribution is -2.31. The van der Waals surface area contributed by atoms with E-state index in [1.54, 1.807) is 26.0 Å². The van der Waals surface area contributed by atoms with Crippen molar-refractivity contribution in [2.45, 2.75) is 72.4 Å². The van der Waals surface area contributed by atoms with Crippen LogP contribution in [0.1, 0.15) is 91.4 Å². The van der Waals surface area contributed by atoms with Gasteiger partial charge >= 0.3 is 11.9 Å². The van der Waals surface area contributed by atoms with E-state index in [2.05, 4.69) is 33.8 Å². The molecule has 2 aliphatic rings. The molecule has 0 radical (unpaired) electrons. The summed E-state index contributed by atoms with van der Waals surface area (Å²) in [5.41, 5.74) is 4.28. The van der Waals surface area contributed by atoms with Crippen LogP contribution in [0.3, 0.4) is 0 Å². The van der Waals surface area contributed by atoms with Crippen molar-refractivity contribution in [3.8, 4) is 11.5 Å². The van der Waals surface area contributed by atoms with Crippen molar-refractivity contribution in [2.24, 2.45) is 4.99 Å². The second kappa shape index (κ2) is 10.7. The van der Waals surface area contributed by atoms with Crippen molar-refractivity contribution < 1.29 is 28.5 Å². The van der Waals surface area contributed by atoms with Crippen molar-refractivity contribution in [2.75, 3.05) is 19.8 Å². The molecule has 0 bridgehead atoms. The summed E-state index contributed by atoms with van der Waals surface area (Å²) < 4.78 is 22.8. The van der Waals surface area contributed by atoms with Gasteiger partial charge in [-0.1, -0.05) is 6.07 Å². The number of esters is 2. The highest BCUT2D eigenvalue weighted by Gasteiger charge is 2.40. The van der Waals surface area contributed by atoms with Crippen LogP contribution in [0.4, 0.5) is 0 Å². The van der Waals surface area contributed by atoms with Gasteiger partial charge in [0.1, 0.15) is 5.60 Å². The monoisotopic (exact) mass is 529 g/mol. The van der Waals surface area contributed by atoms with Crippen molar-refractivity contribution in [3.63, 3.8) is 0 Å². The average Bonchev–Trinajstić information content (AvgIpc) is 3.13. The van der Waals surface area contributed by atoms with E-state index in [-0.39, 0.29) is 47.9 Å². The lowest BCUT2D eigenvalue weighted by molar-refractivity contribution is 0.0479. The average molecular weight is 530 g/mol. The van der Waals surface area contributed by atoms with Crippen LogP contribution in [0.5, 0.6) is 11.5 Å². The third kappa shape index (κ3) is 5.61. The molecular weight excluding hydrogens is 494 g/mol. The standard InChI is InChI=1S/C29H35NO6.ClH/c1-8-33-22-14-18-15-28(4,5)30-24(23(18)21-16-29(6,7)36-25(21)22)17-11-12-19(26(31)34-9-2)20(13-17)27(32)35-10-3;/h11-14H,8-10,15-16H2,1-7H3;1H. The van der Waals surface area contributed by atoms with Gasteiger partial charge in [-0.15, -0.1) is 12.4 Å². The Bertz CT molecular complexity index is 1250. The molecular formula is C29H36ClNO6. The number of nitrogens with zero attached hydrogens (tertiary/aromatic N) is 1. The molecule has 0 N–H and O–H groups in total. The molecule has 2 aromatic rings. The number of hydrogen-bond acceptors (Lipinski definition) is 7. The summed E-state index contributed by atoms with van der Waals surface area (Å²) in [4.78, 5) is 30.6. The van der Waals surface area contributed by atoms with Crippen LogP contribution in [-0.2, 0) is 22.3 Å². The zero-order valence-electron chi connectivity index (χ0n) is 22.6. The predicted octanol–water partition coefficient (Wildman–Crippen LogP) is 5.75. The van der Waals surface area contributed by atoms with Crippen LogP contribution in [0.15, 0.2) is 29.3 Å². The van der Waals surface area contributed by atoms with E-state index in [0.717, 1.165) is 45.9 Å². The van der Waals surface area contributed by atoms with E-state index in [4.69, 9.17) is 23.9 Å². The van der Waals surface area contributed by atoms with Gasteiger partial charge in [-0.05, 0) is 78.6 Å². The van der Waals surface area contributed by atoms with Crippen LogP contribution in [0.2, 0.25) is 0 Å². The lowest BCUT2D eigenvalue weighted by Gasteiger charge is -2.31. The molecule has 0 saturated carbocycles. The van der Waals surface area contributed by atoms with E-state index in [9.17, 15) is 9.59 Å². The second-order valence-electron chi connectivity index (χ2n) is 10.3. The summed E-state index contributed by atoms with van der Waals surface area (Å²) >= 11 is 0. The van der Waals surface area contributed by atoms with Crippen molar-refractivity contribution in [1.29, 1.82) is 0 Å². The summed E-state index contributed by atoms with van der Waals surface area (Å²) in [7, 11) is 0. The molecule has 0 saturated heterocycles. The Morgan fingerprint density at radius 1 is 0.919 bits per heavy atom. The van der Waals surface area contributed by atoms with Gasteiger partial charge in [0, 0.05) is 23.1 Å². The largest absolute Gasteiger partial charge is 0.490 e. The highest BCUT2D eigenvalue weighted by Crippen LogP contribution is 2.48. The number of carbonyl (C=O) groups is 2. The summed E-state index contributed by atoms with van der Waals surface area (Å²) in [5, 5.41) is 0. The minimum absolute atomic E-state index is 0. The van der Waals surface area contributed by atoms with Crippen molar-refractivity contribution >= 4 is 30.1 Å². The molecule has 0 fully saturated rings. The maximum Gasteiger partial charge on any atom is 0.339 e. The third-order valence-electron chi connectivity index (χ3n) is 6.26. The molecule has 2 aromatic carbocycles. The van der Waals surface area contributed by atoms with Crippen LogP contribution in [-0.4, -0.2) is 48.6 Å². The first kappa shape index (κ1) is 28.5. The maximum absolute atomic E-state index is 12.9. The smallest absolute Gasteiger partial charge is 0.339 e. The minimum atomic E-state index is -0.570. The fourth-order valence-electron chi connectivity index (χ4n) is 5.00. The SMILES string of the molecule is CCOC(=O)c1ccc(C2=NC(C)(C)Cc3cc(OCC)c4c(c32)CC(C)(C)O4)cc1C(=O)OCC.Cl. The Balaban J connectivity index is 0.00000380. The number of aliphatic imine (C=N–C) groups is 1. The topological polar surface area (TPSA) is 83.4 Å². The fraction of sp³-hybridized carbons (Fsp3) is 0.483. The first-order valence-corrected chi connectivity index (χ1v) is 12.6. The molecule has 0 amide bonds. The van der Waals surface area contributed by atoms with Gasteiger partial charge in [-0.3, -0.25) is 4.99 Å².